The molecule has 2 rings (SSSR count). The van der Waals surface area contributed by atoms with Gasteiger partial charge >= 0.3 is 0 Å². The van der Waals surface area contributed by atoms with Crippen molar-refractivity contribution < 1.29 is 0 Å². The second kappa shape index (κ2) is 5.14. The van der Waals surface area contributed by atoms with Crippen molar-refractivity contribution >= 4 is 29.0 Å². The van der Waals surface area contributed by atoms with Gasteiger partial charge in [-0.1, -0.05) is 35.3 Å². The molecule has 0 fully saturated rings. The number of anilines is 1. The molecular formula is C11H9Cl2N3. The molecule has 82 valence electrons. The van der Waals surface area contributed by atoms with Gasteiger partial charge in [-0.2, -0.15) is 0 Å². The molecule has 1 aromatic heterocycles. The van der Waals surface area contributed by atoms with Gasteiger partial charge in [-0.25, -0.2) is 0 Å². The number of rotatable bonds is 3. The van der Waals surface area contributed by atoms with Crippen molar-refractivity contribution in [2.24, 2.45) is 0 Å². The third kappa shape index (κ3) is 3.08. The molecule has 1 N–H and O–H groups in total. The summed E-state index contributed by atoms with van der Waals surface area (Å²) in [4.78, 5) is 0. The van der Waals surface area contributed by atoms with Crippen LogP contribution in [-0.4, -0.2) is 10.2 Å². The van der Waals surface area contributed by atoms with E-state index in [-0.39, 0.29) is 0 Å². The third-order valence-electron chi connectivity index (χ3n) is 2.02. The van der Waals surface area contributed by atoms with Gasteiger partial charge in [-0.15, -0.1) is 10.2 Å². The summed E-state index contributed by atoms with van der Waals surface area (Å²) in [6, 6.07) is 11.1. The lowest BCUT2D eigenvalue weighted by Crippen LogP contribution is -2.01. The number of halogens is 2. The smallest absolute Gasteiger partial charge is 0.151 e. The molecule has 1 aromatic carbocycles. The lowest BCUT2D eigenvalue weighted by Gasteiger charge is -2.04. The first-order valence-corrected chi connectivity index (χ1v) is 5.47. The van der Waals surface area contributed by atoms with Gasteiger partial charge in [-0.05, 0) is 29.8 Å². The van der Waals surface area contributed by atoms with Gasteiger partial charge in [0.2, 0.25) is 0 Å². The highest BCUT2D eigenvalue weighted by Crippen LogP contribution is 2.11. The number of hydrogen-bond acceptors (Lipinski definition) is 3. The first-order valence-electron chi connectivity index (χ1n) is 4.71. The maximum atomic E-state index is 5.79. The monoisotopic (exact) mass is 253 g/mol. The summed E-state index contributed by atoms with van der Waals surface area (Å²) in [6.45, 7) is 0.674. The van der Waals surface area contributed by atoms with Crippen LogP contribution in [0.25, 0.3) is 0 Å². The van der Waals surface area contributed by atoms with Crippen molar-refractivity contribution in [3.63, 3.8) is 0 Å². The summed E-state index contributed by atoms with van der Waals surface area (Å²) in [5.74, 6) is 0.694. The molecule has 0 spiro atoms. The predicted octanol–water partition coefficient (Wildman–Crippen LogP) is 3.40. The Balaban J connectivity index is 1.97. The molecule has 0 aliphatic carbocycles. The van der Waals surface area contributed by atoms with Gasteiger partial charge in [0.1, 0.15) is 5.82 Å². The summed E-state index contributed by atoms with van der Waals surface area (Å²) in [5, 5.41) is 11.9. The molecule has 0 aliphatic heterocycles. The first kappa shape index (κ1) is 11.2. The van der Waals surface area contributed by atoms with E-state index in [0.29, 0.717) is 17.5 Å². The van der Waals surface area contributed by atoms with Crippen molar-refractivity contribution in [2.45, 2.75) is 6.54 Å². The summed E-state index contributed by atoms with van der Waals surface area (Å²) in [6.07, 6.45) is 0. The van der Waals surface area contributed by atoms with Crippen molar-refractivity contribution in [2.75, 3.05) is 5.32 Å². The fourth-order valence-corrected chi connectivity index (χ4v) is 1.43. The van der Waals surface area contributed by atoms with Crippen molar-refractivity contribution in [3.8, 4) is 0 Å². The van der Waals surface area contributed by atoms with Crippen molar-refractivity contribution in [3.05, 3.63) is 52.1 Å². The van der Waals surface area contributed by atoms with E-state index in [9.17, 15) is 0 Å². The molecule has 1 heterocycles. The molecule has 0 aliphatic rings. The highest BCUT2D eigenvalue weighted by atomic mass is 35.5. The average Bonchev–Trinajstić information content (AvgIpc) is 2.30. The molecular weight excluding hydrogens is 245 g/mol. The van der Waals surface area contributed by atoms with Crippen LogP contribution < -0.4 is 5.32 Å². The van der Waals surface area contributed by atoms with Gasteiger partial charge in [0.05, 0.1) is 0 Å². The molecule has 16 heavy (non-hydrogen) atoms. The van der Waals surface area contributed by atoms with Crippen LogP contribution in [0.3, 0.4) is 0 Å². The molecule has 0 saturated heterocycles. The fourth-order valence-electron chi connectivity index (χ4n) is 1.21. The molecule has 5 heteroatoms. The molecule has 0 radical (unpaired) electrons. The Kier molecular flexibility index (Phi) is 3.59. The van der Waals surface area contributed by atoms with Gasteiger partial charge in [-0.3, -0.25) is 0 Å². The Labute approximate surface area is 103 Å². The third-order valence-corrected chi connectivity index (χ3v) is 2.47. The van der Waals surface area contributed by atoms with Crippen LogP contribution in [0.15, 0.2) is 36.4 Å². The lowest BCUT2D eigenvalue weighted by atomic mass is 10.2. The summed E-state index contributed by atoms with van der Waals surface area (Å²) < 4.78 is 0. The second-order valence-corrected chi connectivity index (χ2v) is 4.05. The molecule has 2 aromatic rings. The van der Waals surface area contributed by atoms with E-state index >= 15 is 0 Å². The van der Waals surface area contributed by atoms with Crippen LogP contribution in [0.2, 0.25) is 10.2 Å². The molecule has 0 amide bonds. The normalized spacial score (nSPS) is 10.1. The van der Waals surface area contributed by atoms with Crippen LogP contribution in [-0.2, 0) is 6.54 Å². The van der Waals surface area contributed by atoms with Gasteiger partial charge in [0.15, 0.2) is 5.15 Å². The number of benzene rings is 1. The predicted molar refractivity (Wildman–Crippen MR) is 65.8 cm³/mol. The molecule has 0 saturated carbocycles. The van der Waals surface area contributed by atoms with Crippen molar-refractivity contribution in [1.82, 2.24) is 10.2 Å². The first-order chi connectivity index (χ1) is 7.74. The maximum Gasteiger partial charge on any atom is 0.151 e. The Morgan fingerprint density at radius 1 is 0.938 bits per heavy atom. The van der Waals surface area contributed by atoms with E-state index in [1.54, 1.807) is 12.1 Å². The Morgan fingerprint density at radius 3 is 2.31 bits per heavy atom. The van der Waals surface area contributed by atoms with E-state index in [2.05, 4.69) is 15.5 Å². The van der Waals surface area contributed by atoms with Crippen LogP contribution >= 0.6 is 23.2 Å². The quantitative estimate of drug-likeness (QED) is 0.912. The minimum absolute atomic E-state index is 0.386. The fraction of sp³-hybridized carbons (Fsp3) is 0.0909. The summed E-state index contributed by atoms with van der Waals surface area (Å²) in [5.41, 5.74) is 1.13. The minimum atomic E-state index is 0.386. The van der Waals surface area contributed by atoms with Crippen LogP contribution in [0, 0.1) is 0 Å². The largest absolute Gasteiger partial charge is 0.365 e. The minimum Gasteiger partial charge on any atom is -0.365 e. The van der Waals surface area contributed by atoms with E-state index in [4.69, 9.17) is 23.2 Å². The summed E-state index contributed by atoms with van der Waals surface area (Å²) >= 11 is 11.4. The maximum absolute atomic E-state index is 5.79. The van der Waals surface area contributed by atoms with Crippen LogP contribution in [0.5, 0.6) is 0 Å². The standard InChI is InChI=1S/C11H9Cl2N3/c12-9-3-1-8(2-4-9)7-14-11-6-5-10(13)15-16-11/h1-6H,7H2,(H,14,16). The number of aromatic nitrogens is 2. The van der Waals surface area contributed by atoms with Crippen LogP contribution in [0.1, 0.15) is 5.56 Å². The Morgan fingerprint density at radius 2 is 1.69 bits per heavy atom. The van der Waals surface area contributed by atoms with E-state index < -0.39 is 0 Å². The highest BCUT2D eigenvalue weighted by molar-refractivity contribution is 6.30. The average molecular weight is 254 g/mol. The lowest BCUT2D eigenvalue weighted by molar-refractivity contribution is 1.00. The van der Waals surface area contributed by atoms with Gasteiger partial charge < -0.3 is 5.32 Å². The van der Waals surface area contributed by atoms with Gasteiger partial charge in [0, 0.05) is 11.6 Å². The SMILES string of the molecule is Clc1ccc(CNc2ccc(Cl)nn2)cc1. The van der Waals surface area contributed by atoms with E-state index in [1.165, 1.54) is 0 Å². The number of nitrogens with one attached hydrogen (secondary N) is 1. The topological polar surface area (TPSA) is 37.8 Å². The second-order valence-electron chi connectivity index (χ2n) is 3.22. The number of nitrogens with zero attached hydrogens (tertiary/aromatic N) is 2. The highest BCUT2D eigenvalue weighted by Gasteiger charge is 1.96. The molecule has 0 atom stereocenters. The molecule has 0 bridgehead atoms. The van der Waals surface area contributed by atoms with Gasteiger partial charge in [0.25, 0.3) is 0 Å². The Bertz CT molecular complexity index is 408. The van der Waals surface area contributed by atoms with Crippen LogP contribution in [0.4, 0.5) is 5.82 Å². The van der Waals surface area contributed by atoms with Crippen molar-refractivity contribution in [1.29, 1.82) is 0 Å². The molecule has 0 unspecified atom stereocenters. The zero-order valence-electron chi connectivity index (χ0n) is 8.32. The van der Waals surface area contributed by atoms with E-state index in [1.807, 2.05) is 24.3 Å². The Hall–Kier alpha value is -1.32. The number of hydrogen-bond donors (Lipinski definition) is 1. The summed E-state index contributed by atoms with van der Waals surface area (Å²) in [7, 11) is 0. The zero-order chi connectivity index (χ0) is 11.4. The molecule has 3 nitrogen and oxygen atoms in total. The van der Waals surface area contributed by atoms with E-state index in [0.717, 1.165) is 10.6 Å². The zero-order valence-corrected chi connectivity index (χ0v) is 9.83.